The number of rotatable bonds is 12. The maximum absolute atomic E-state index is 13.0. The lowest BCUT2D eigenvalue weighted by atomic mass is 9.85. The maximum Gasteiger partial charge on any atom is 0.363 e. The summed E-state index contributed by atoms with van der Waals surface area (Å²) >= 11 is 5.93. The number of carbonyl (C=O) groups excluding carboxylic acids is 1. The van der Waals surface area contributed by atoms with E-state index in [0.29, 0.717) is 35.9 Å². The highest BCUT2D eigenvalue weighted by Crippen LogP contribution is 2.35. The fraction of sp³-hybridized carbons (Fsp3) is 0.333. The Morgan fingerprint density at radius 3 is 2.19 bits per heavy atom. The molecule has 0 saturated heterocycles. The van der Waals surface area contributed by atoms with E-state index in [0.717, 1.165) is 29.5 Å². The number of nitrogens with zero attached hydrogens (tertiary/aromatic N) is 4. The number of nitrogens with one attached hydrogen (secondary N) is 1. The third-order valence-electron chi connectivity index (χ3n) is 8.40. The van der Waals surface area contributed by atoms with E-state index in [2.05, 4.69) is 65.0 Å². The SMILES string of the molecule is CCN1C(=O)N=NC1(CCCc1ccc(-c2ccc(OC)c(NS(=O)(=O)c3ccc(Cl)cc3)n2)cc1)Cc1ccc(C(C)(C)C)cc1. The zero-order chi connectivity index (χ0) is 33.8. The van der Waals surface area contributed by atoms with Crippen LogP contribution >= 0.6 is 11.6 Å². The Morgan fingerprint density at radius 1 is 0.915 bits per heavy atom. The molecule has 1 atom stereocenters. The molecule has 0 spiro atoms. The van der Waals surface area contributed by atoms with E-state index in [1.54, 1.807) is 17.0 Å². The van der Waals surface area contributed by atoms with E-state index in [-0.39, 0.29) is 22.2 Å². The van der Waals surface area contributed by atoms with Crippen molar-refractivity contribution in [2.24, 2.45) is 10.2 Å². The lowest BCUT2D eigenvalue weighted by Gasteiger charge is -2.34. The van der Waals surface area contributed by atoms with Crippen LogP contribution in [0.4, 0.5) is 10.6 Å². The molecule has 11 heteroatoms. The number of halogens is 1. The van der Waals surface area contributed by atoms with Crippen molar-refractivity contribution in [1.82, 2.24) is 9.88 Å². The number of benzene rings is 3. The average Bonchev–Trinajstić information content (AvgIpc) is 3.35. The standard InChI is InChI=1S/C36H40ClN5O4S/c1-6-42-34(43)39-41-36(42,24-26-11-15-28(16-12-26)35(2,3)4)23-7-8-25-9-13-27(14-10-25)31-21-22-32(46-5)33(38-31)40-47(44,45)30-19-17-29(37)18-20-30/h9-22H,6-8,23-24H2,1-5H3,(H,38,40). The highest BCUT2D eigenvalue weighted by atomic mass is 35.5. The van der Waals surface area contributed by atoms with Crippen LogP contribution in [-0.4, -0.2) is 43.7 Å². The number of amides is 2. The lowest BCUT2D eigenvalue weighted by Crippen LogP contribution is -2.47. The molecule has 0 saturated carbocycles. The molecule has 1 aliphatic rings. The summed E-state index contributed by atoms with van der Waals surface area (Å²) in [5.74, 6) is 0.383. The predicted molar refractivity (Wildman–Crippen MR) is 186 cm³/mol. The molecule has 47 heavy (non-hydrogen) atoms. The van der Waals surface area contributed by atoms with Crippen LogP contribution in [0.5, 0.6) is 5.75 Å². The number of hydrogen-bond donors (Lipinski definition) is 1. The van der Waals surface area contributed by atoms with Crippen molar-refractivity contribution >= 4 is 33.5 Å². The summed E-state index contributed by atoms with van der Waals surface area (Å²) in [6.45, 7) is 9.08. The van der Waals surface area contributed by atoms with Gasteiger partial charge in [0.2, 0.25) is 0 Å². The molecule has 0 aliphatic carbocycles. The molecule has 9 nitrogen and oxygen atoms in total. The summed E-state index contributed by atoms with van der Waals surface area (Å²) < 4.78 is 34.0. The number of aryl methyl sites for hydroxylation is 1. The molecule has 0 radical (unpaired) electrons. The van der Waals surface area contributed by atoms with Crippen LogP contribution in [0.1, 0.15) is 57.2 Å². The Bertz CT molecular complexity index is 1860. The van der Waals surface area contributed by atoms with Crippen molar-refractivity contribution in [3.8, 4) is 17.0 Å². The van der Waals surface area contributed by atoms with Gasteiger partial charge >= 0.3 is 6.03 Å². The first-order valence-electron chi connectivity index (χ1n) is 15.6. The molecule has 2 amide bonds. The van der Waals surface area contributed by atoms with Gasteiger partial charge < -0.3 is 4.74 Å². The Kier molecular flexibility index (Phi) is 10.0. The number of ether oxygens (including phenoxy) is 1. The number of azo groups is 1. The monoisotopic (exact) mass is 673 g/mol. The van der Waals surface area contributed by atoms with Crippen LogP contribution < -0.4 is 9.46 Å². The van der Waals surface area contributed by atoms with Gasteiger partial charge in [-0.25, -0.2) is 18.2 Å². The van der Waals surface area contributed by atoms with Crippen LogP contribution in [0.3, 0.4) is 0 Å². The van der Waals surface area contributed by atoms with Gasteiger partial charge in [-0.15, -0.1) is 0 Å². The highest BCUT2D eigenvalue weighted by molar-refractivity contribution is 7.92. The maximum atomic E-state index is 13.0. The van der Waals surface area contributed by atoms with Gasteiger partial charge in [0.05, 0.1) is 17.7 Å². The molecule has 1 unspecified atom stereocenters. The van der Waals surface area contributed by atoms with Gasteiger partial charge in [0, 0.05) is 23.6 Å². The Labute approximate surface area is 282 Å². The number of anilines is 1. The largest absolute Gasteiger partial charge is 0.493 e. The Hall–Kier alpha value is -4.28. The second-order valence-corrected chi connectivity index (χ2v) is 14.8. The molecular weight excluding hydrogens is 634 g/mol. The second-order valence-electron chi connectivity index (χ2n) is 12.7. The predicted octanol–water partition coefficient (Wildman–Crippen LogP) is 8.68. The van der Waals surface area contributed by atoms with E-state index >= 15 is 0 Å². The van der Waals surface area contributed by atoms with Crippen LogP contribution in [0, 0.1) is 0 Å². The molecule has 246 valence electrons. The molecule has 1 N–H and O–H groups in total. The minimum Gasteiger partial charge on any atom is -0.493 e. The first-order valence-corrected chi connectivity index (χ1v) is 17.5. The summed E-state index contributed by atoms with van der Waals surface area (Å²) in [6, 6.07) is 25.7. The van der Waals surface area contributed by atoms with Crippen LogP contribution in [0.2, 0.25) is 5.02 Å². The van der Waals surface area contributed by atoms with Gasteiger partial charge in [0.15, 0.2) is 17.2 Å². The van der Waals surface area contributed by atoms with Crippen molar-refractivity contribution in [1.29, 1.82) is 0 Å². The van der Waals surface area contributed by atoms with E-state index < -0.39 is 15.7 Å². The van der Waals surface area contributed by atoms with Crippen molar-refractivity contribution in [3.63, 3.8) is 0 Å². The number of pyridine rings is 1. The minimum absolute atomic E-state index is 0.0610. The van der Waals surface area contributed by atoms with Crippen LogP contribution in [0.15, 0.2) is 100 Å². The van der Waals surface area contributed by atoms with Gasteiger partial charge in [-0.05, 0) is 84.7 Å². The van der Waals surface area contributed by atoms with E-state index in [1.807, 2.05) is 31.2 Å². The summed E-state index contributed by atoms with van der Waals surface area (Å²) in [5, 5.41) is 8.97. The topological polar surface area (TPSA) is 113 Å². The summed E-state index contributed by atoms with van der Waals surface area (Å²) in [5.41, 5.74) is 4.27. The number of hydrogen-bond acceptors (Lipinski definition) is 6. The van der Waals surface area contributed by atoms with Crippen LogP contribution in [-0.2, 0) is 28.3 Å². The zero-order valence-corrected chi connectivity index (χ0v) is 28.9. The zero-order valence-electron chi connectivity index (χ0n) is 27.3. The van der Waals surface area contributed by atoms with Gasteiger partial charge in [-0.1, -0.05) is 86.0 Å². The molecule has 1 aliphatic heterocycles. The molecule has 3 aromatic carbocycles. The Balaban J connectivity index is 1.28. The van der Waals surface area contributed by atoms with E-state index in [1.165, 1.54) is 36.9 Å². The summed E-state index contributed by atoms with van der Waals surface area (Å²) in [4.78, 5) is 19.1. The fourth-order valence-electron chi connectivity index (χ4n) is 5.77. The number of sulfonamides is 1. The smallest absolute Gasteiger partial charge is 0.363 e. The van der Waals surface area contributed by atoms with Crippen molar-refractivity contribution in [2.45, 2.75) is 69.4 Å². The second kappa shape index (κ2) is 13.8. The molecule has 5 rings (SSSR count). The first-order chi connectivity index (χ1) is 22.3. The molecule has 0 fully saturated rings. The normalized spacial score (nSPS) is 16.5. The van der Waals surface area contributed by atoms with E-state index in [9.17, 15) is 13.2 Å². The third-order valence-corrected chi connectivity index (χ3v) is 10.0. The molecular formula is C36H40ClN5O4S. The summed E-state index contributed by atoms with van der Waals surface area (Å²) in [7, 11) is -2.46. The number of methoxy groups -OCH3 is 1. The number of likely N-dealkylation sites (N-methyl/N-ethyl adjacent to an activating group) is 1. The minimum atomic E-state index is -3.92. The third kappa shape index (κ3) is 7.82. The van der Waals surface area contributed by atoms with Gasteiger partial charge in [-0.2, -0.15) is 5.11 Å². The van der Waals surface area contributed by atoms with Gasteiger partial charge in [0.1, 0.15) is 0 Å². The number of urea groups is 1. The van der Waals surface area contributed by atoms with Crippen molar-refractivity contribution < 1.29 is 17.9 Å². The van der Waals surface area contributed by atoms with Crippen LogP contribution in [0.25, 0.3) is 11.3 Å². The average molecular weight is 674 g/mol. The Morgan fingerprint density at radius 2 is 1.57 bits per heavy atom. The molecule has 2 heterocycles. The van der Waals surface area contributed by atoms with Crippen molar-refractivity contribution in [2.75, 3.05) is 18.4 Å². The lowest BCUT2D eigenvalue weighted by molar-refractivity contribution is 0.138. The van der Waals surface area contributed by atoms with Crippen molar-refractivity contribution in [3.05, 3.63) is 107 Å². The molecule has 1 aromatic heterocycles. The number of carbonyl (C=O) groups is 1. The molecule has 0 bridgehead atoms. The quantitative estimate of drug-likeness (QED) is 0.162. The fourth-order valence-corrected chi connectivity index (χ4v) is 6.91. The van der Waals surface area contributed by atoms with E-state index in [4.69, 9.17) is 16.3 Å². The highest BCUT2D eigenvalue weighted by Gasteiger charge is 2.43. The van der Waals surface area contributed by atoms with Gasteiger partial charge in [0.25, 0.3) is 10.0 Å². The molecule has 4 aromatic rings. The first kappa shape index (κ1) is 34.1. The number of aromatic nitrogens is 1. The van der Waals surface area contributed by atoms with Gasteiger partial charge in [-0.3, -0.25) is 9.62 Å². The summed E-state index contributed by atoms with van der Waals surface area (Å²) in [6.07, 6.45) is 2.87.